The number of rotatable bonds is 5. The summed E-state index contributed by atoms with van der Waals surface area (Å²) in [6.45, 7) is 2.19. The van der Waals surface area contributed by atoms with E-state index in [2.05, 4.69) is 20.9 Å². The van der Waals surface area contributed by atoms with Crippen molar-refractivity contribution < 1.29 is 18.8 Å². The van der Waals surface area contributed by atoms with Crippen LogP contribution in [0, 0.1) is 0 Å². The van der Waals surface area contributed by atoms with Crippen molar-refractivity contribution in [3.8, 4) is 10.9 Å². The molecule has 5 heterocycles. The van der Waals surface area contributed by atoms with Crippen LogP contribution in [0.3, 0.4) is 0 Å². The lowest BCUT2D eigenvalue weighted by molar-refractivity contribution is -0.128. The number of furan rings is 1. The summed E-state index contributed by atoms with van der Waals surface area (Å²) in [5.41, 5.74) is 6.59. The third kappa shape index (κ3) is 3.48. The molecule has 2 saturated heterocycles. The first-order valence-electron chi connectivity index (χ1n) is 10.0. The smallest absolute Gasteiger partial charge is 0.423 e. The average molecular weight is 437 g/mol. The lowest BCUT2D eigenvalue weighted by Gasteiger charge is -2.31. The Kier molecular flexibility index (Phi) is 4.30. The van der Waals surface area contributed by atoms with E-state index in [9.17, 15) is 4.79 Å². The molecule has 0 aliphatic carbocycles. The summed E-state index contributed by atoms with van der Waals surface area (Å²) in [5.74, 6) is 1.57. The monoisotopic (exact) mass is 437 g/mol. The first kappa shape index (κ1) is 18.6. The van der Waals surface area contributed by atoms with Gasteiger partial charge in [0, 0.05) is 30.2 Å². The fourth-order valence-corrected chi connectivity index (χ4v) is 5.23. The van der Waals surface area contributed by atoms with Crippen LogP contribution in [0.5, 0.6) is 10.9 Å². The molecule has 158 valence electrons. The molecular formula is C21H19N5O4S. The van der Waals surface area contributed by atoms with Crippen LogP contribution in [-0.4, -0.2) is 51.2 Å². The summed E-state index contributed by atoms with van der Waals surface area (Å²) in [7, 11) is 0. The van der Waals surface area contributed by atoms with Crippen molar-refractivity contribution in [1.82, 2.24) is 19.9 Å². The summed E-state index contributed by atoms with van der Waals surface area (Å²) in [6.07, 6.45) is 1.93. The quantitative estimate of drug-likeness (QED) is 0.506. The van der Waals surface area contributed by atoms with Crippen molar-refractivity contribution >= 4 is 38.7 Å². The third-order valence-electron chi connectivity index (χ3n) is 5.76. The molecule has 4 aromatic rings. The van der Waals surface area contributed by atoms with Gasteiger partial charge in [0.25, 0.3) is 5.19 Å². The van der Waals surface area contributed by atoms with Gasteiger partial charge >= 0.3 is 6.09 Å². The van der Waals surface area contributed by atoms with E-state index < -0.39 is 6.09 Å². The summed E-state index contributed by atoms with van der Waals surface area (Å²) in [4.78, 5) is 27.1. The van der Waals surface area contributed by atoms with E-state index in [0.29, 0.717) is 35.7 Å². The molecule has 9 nitrogen and oxygen atoms in total. The number of hydroxylamine groups is 2. The van der Waals surface area contributed by atoms with Gasteiger partial charge in [-0.15, -0.1) is 5.06 Å². The zero-order chi connectivity index (χ0) is 20.9. The summed E-state index contributed by atoms with van der Waals surface area (Å²) >= 11 is 1.46. The highest BCUT2D eigenvalue weighted by Crippen LogP contribution is 2.35. The average Bonchev–Trinajstić information content (AvgIpc) is 3.49. The number of likely N-dealkylation sites (tertiary alicyclic amines) is 1. The Morgan fingerprint density at radius 1 is 1.26 bits per heavy atom. The second kappa shape index (κ2) is 7.19. The summed E-state index contributed by atoms with van der Waals surface area (Å²) in [5, 5.41) is 3.27. The van der Waals surface area contributed by atoms with Crippen LogP contribution >= 0.6 is 11.3 Å². The van der Waals surface area contributed by atoms with E-state index in [-0.39, 0.29) is 6.04 Å². The van der Waals surface area contributed by atoms with Gasteiger partial charge in [0.1, 0.15) is 17.1 Å². The number of nitrogens with two attached hydrogens (primary N) is 1. The minimum atomic E-state index is -0.753. The number of carbonyl (C=O) groups is 1. The van der Waals surface area contributed by atoms with Gasteiger partial charge in [-0.25, -0.2) is 9.78 Å². The normalized spacial score (nSPS) is 21.3. The molecule has 2 aliphatic heterocycles. The second-order valence-electron chi connectivity index (χ2n) is 7.80. The Morgan fingerprint density at radius 2 is 2.19 bits per heavy atom. The standard InChI is InChI=1S/C21H19N5O4S/c22-20(27)30-26-10-13-7-14(26)9-25(13)11-16-6-12-3-4-15(8-17(12)28-16)29-21-24-19-18(31-21)2-1-5-23-19/h1-6,8,13-14H,7,9-11H2,(H2,22,27)/t13-,14-/m1/s1. The highest BCUT2D eigenvalue weighted by atomic mass is 32.1. The molecule has 2 N–H and O–H groups in total. The molecule has 0 saturated carbocycles. The number of nitrogens with zero attached hydrogens (tertiary/aromatic N) is 4. The zero-order valence-electron chi connectivity index (χ0n) is 16.4. The van der Waals surface area contributed by atoms with Gasteiger partial charge in [-0.1, -0.05) is 11.3 Å². The molecule has 0 spiro atoms. The molecule has 2 atom stereocenters. The summed E-state index contributed by atoms with van der Waals surface area (Å²) in [6, 6.07) is 12.2. The maximum Gasteiger partial charge on any atom is 0.423 e. The van der Waals surface area contributed by atoms with Gasteiger partial charge in [-0.2, -0.15) is 4.98 Å². The number of amides is 1. The van der Waals surface area contributed by atoms with E-state index in [4.69, 9.17) is 19.7 Å². The van der Waals surface area contributed by atoms with Gasteiger partial charge in [0.05, 0.1) is 23.8 Å². The number of pyridine rings is 1. The van der Waals surface area contributed by atoms with E-state index in [1.807, 2.05) is 30.3 Å². The first-order chi connectivity index (χ1) is 15.1. The minimum Gasteiger partial charge on any atom is -0.460 e. The maximum atomic E-state index is 11.0. The first-order valence-corrected chi connectivity index (χ1v) is 10.8. The van der Waals surface area contributed by atoms with Crippen molar-refractivity contribution in [3.05, 3.63) is 48.4 Å². The molecule has 3 aromatic heterocycles. The van der Waals surface area contributed by atoms with Crippen molar-refractivity contribution in [1.29, 1.82) is 0 Å². The van der Waals surface area contributed by atoms with Crippen LogP contribution in [0.1, 0.15) is 12.2 Å². The number of thiazole rings is 1. The molecule has 2 fully saturated rings. The zero-order valence-corrected chi connectivity index (χ0v) is 17.2. The number of fused-ring (bicyclic) bond motifs is 4. The van der Waals surface area contributed by atoms with Gasteiger partial charge in [-0.05, 0) is 36.8 Å². The topological polar surface area (TPSA) is 107 Å². The predicted molar refractivity (Wildman–Crippen MR) is 114 cm³/mol. The van der Waals surface area contributed by atoms with Crippen LogP contribution in [0.2, 0.25) is 0 Å². The maximum absolute atomic E-state index is 11.0. The summed E-state index contributed by atoms with van der Waals surface area (Å²) < 4.78 is 13.0. The molecule has 0 radical (unpaired) electrons. The number of benzene rings is 1. The van der Waals surface area contributed by atoms with E-state index in [1.54, 1.807) is 11.3 Å². The predicted octanol–water partition coefficient (Wildman–Crippen LogP) is 3.50. The van der Waals surface area contributed by atoms with Crippen LogP contribution < -0.4 is 10.5 Å². The minimum absolute atomic E-state index is 0.185. The number of hydrogen-bond acceptors (Lipinski definition) is 9. The van der Waals surface area contributed by atoms with Crippen molar-refractivity contribution in [2.45, 2.75) is 25.0 Å². The van der Waals surface area contributed by atoms with Crippen LogP contribution in [0.15, 0.2) is 47.0 Å². The SMILES string of the molecule is NC(=O)ON1C[C@H]2C[C@@H]1CN2Cc1cc2ccc(Oc3nc4ncccc4s3)cc2o1. The van der Waals surface area contributed by atoms with Gasteiger partial charge in [0.2, 0.25) is 0 Å². The molecular weight excluding hydrogens is 418 g/mol. The fraction of sp³-hybridized carbons (Fsp3) is 0.286. The lowest BCUT2D eigenvalue weighted by Crippen LogP contribution is -2.47. The van der Waals surface area contributed by atoms with Gasteiger partial charge in [-0.3, -0.25) is 4.90 Å². The number of carbonyl (C=O) groups excluding carboxylic acids is 1. The number of primary amides is 1. The van der Waals surface area contributed by atoms with E-state index >= 15 is 0 Å². The number of ether oxygens (including phenoxy) is 1. The van der Waals surface area contributed by atoms with Crippen LogP contribution in [0.25, 0.3) is 21.3 Å². The number of aromatic nitrogens is 2. The largest absolute Gasteiger partial charge is 0.460 e. The van der Waals surface area contributed by atoms with E-state index in [1.165, 1.54) is 11.3 Å². The number of hydrogen-bond donors (Lipinski definition) is 1. The molecule has 31 heavy (non-hydrogen) atoms. The Morgan fingerprint density at radius 3 is 3.00 bits per heavy atom. The molecule has 6 rings (SSSR count). The van der Waals surface area contributed by atoms with Gasteiger partial charge in [0.15, 0.2) is 5.65 Å². The Bertz CT molecular complexity index is 1250. The molecule has 2 bridgehead atoms. The van der Waals surface area contributed by atoms with Crippen LogP contribution in [-0.2, 0) is 11.4 Å². The molecule has 1 amide bonds. The lowest BCUT2D eigenvalue weighted by atomic mass is 10.2. The second-order valence-corrected chi connectivity index (χ2v) is 8.80. The Hall–Kier alpha value is -3.21. The highest BCUT2D eigenvalue weighted by molar-refractivity contribution is 7.20. The Balaban J connectivity index is 1.16. The number of piperazine rings is 1. The van der Waals surface area contributed by atoms with Crippen molar-refractivity contribution in [3.63, 3.8) is 0 Å². The fourth-order valence-electron chi connectivity index (χ4n) is 4.44. The van der Waals surface area contributed by atoms with E-state index in [0.717, 1.165) is 34.4 Å². The Labute approximate surface area is 180 Å². The third-order valence-corrected chi connectivity index (χ3v) is 6.65. The highest BCUT2D eigenvalue weighted by Gasteiger charge is 2.45. The van der Waals surface area contributed by atoms with Crippen molar-refractivity contribution in [2.24, 2.45) is 5.73 Å². The molecule has 2 aliphatic rings. The molecule has 10 heteroatoms. The molecule has 0 unspecified atom stereocenters. The molecule has 1 aromatic carbocycles. The van der Waals surface area contributed by atoms with Crippen LogP contribution in [0.4, 0.5) is 4.79 Å². The van der Waals surface area contributed by atoms with Gasteiger partial charge < -0.3 is 19.7 Å². The van der Waals surface area contributed by atoms with Crippen molar-refractivity contribution in [2.75, 3.05) is 13.1 Å².